The number of hydrogen-bond donors (Lipinski definition) is 3. The molecule has 11 heteroatoms. The van der Waals surface area contributed by atoms with Gasteiger partial charge in [-0.3, -0.25) is 19.2 Å². The molecule has 2 heterocycles. The second-order valence-corrected chi connectivity index (χ2v) is 12.7. The van der Waals surface area contributed by atoms with E-state index in [4.69, 9.17) is 4.74 Å². The fourth-order valence-electron chi connectivity index (χ4n) is 5.40. The van der Waals surface area contributed by atoms with Crippen molar-refractivity contribution in [2.24, 2.45) is 17.8 Å². The van der Waals surface area contributed by atoms with Gasteiger partial charge in [0.05, 0.1) is 6.04 Å². The first kappa shape index (κ1) is 33.0. The van der Waals surface area contributed by atoms with Gasteiger partial charge in [0.25, 0.3) is 0 Å². The molecule has 4 amide bonds. The van der Waals surface area contributed by atoms with Crippen molar-refractivity contribution in [2.45, 2.75) is 64.0 Å². The minimum atomic E-state index is -0.867. The minimum absolute atomic E-state index is 0.117. The number of nitrogens with zero attached hydrogens (tertiary/aromatic N) is 1. The Morgan fingerprint density at radius 3 is 2.16 bits per heavy atom. The number of hydrogen-bond acceptors (Lipinski definition) is 7. The van der Waals surface area contributed by atoms with E-state index in [1.165, 1.54) is 0 Å². The number of likely N-dealkylation sites (tertiary alicyclic amines) is 1. The number of nitrogens with one attached hydrogen (secondary N) is 3. The van der Waals surface area contributed by atoms with Crippen LogP contribution in [0.1, 0.15) is 50.7 Å². The van der Waals surface area contributed by atoms with Crippen LogP contribution in [-0.4, -0.2) is 65.5 Å². The van der Waals surface area contributed by atoms with Gasteiger partial charge < -0.3 is 25.6 Å². The van der Waals surface area contributed by atoms with Crippen LogP contribution in [0.25, 0.3) is 0 Å². The normalized spacial score (nSPS) is 18.3. The van der Waals surface area contributed by atoms with Crippen molar-refractivity contribution >= 4 is 40.7 Å². The number of benzene rings is 2. The van der Waals surface area contributed by atoms with Crippen LogP contribution in [0.2, 0.25) is 0 Å². The highest BCUT2D eigenvalue weighted by molar-refractivity contribution is 8.13. The van der Waals surface area contributed by atoms with Crippen molar-refractivity contribution in [3.05, 3.63) is 71.8 Å². The zero-order chi connectivity index (χ0) is 31.5. The van der Waals surface area contributed by atoms with E-state index in [1.807, 2.05) is 74.5 Å². The van der Waals surface area contributed by atoms with Gasteiger partial charge in [0.2, 0.25) is 22.8 Å². The van der Waals surface area contributed by atoms with Crippen LogP contribution in [0.5, 0.6) is 0 Å². The smallest absolute Gasteiger partial charge is 0.410 e. The van der Waals surface area contributed by atoms with Gasteiger partial charge in [0, 0.05) is 37.2 Å². The predicted octanol–water partition coefficient (Wildman–Crippen LogP) is 3.65. The van der Waals surface area contributed by atoms with Gasteiger partial charge in [0.1, 0.15) is 12.6 Å². The summed E-state index contributed by atoms with van der Waals surface area (Å²) in [5, 5.41) is 8.34. The zero-order valence-corrected chi connectivity index (χ0v) is 26.1. The standard InChI is InChI=1S/C33H42N4O6S/c1-22(2)28(36-30(39)25-14-17-37(18-15-25)33(42)43-20-23-9-5-3-6-10-23)31(40)35-27(19-26-13-16-34-29(26)38)32(41)44-21-24-11-7-4-8-12-24/h3-12,22,25-28H,13-21H2,1-2H3,(H,34,38)(H,35,40)(H,36,39)/t26-,27-,28-/m0/s1. The largest absolute Gasteiger partial charge is 0.445 e. The van der Waals surface area contributed by atoms with Gasteiger partial charge in [-0.2, -0.15) is 0 Å². The summed E-state index contributed by atoms with van der Waals surface area (Å²) in [6.45, 7) is 5.16. The molecule has 0 spiro atoms. The Morgan fingerprint density at radius 1 is 0.932 bits per heavy atom. The third-order valence-corrected chi connectivity index (χ3v) is 9.13. The molecule has 0 aromatic heterocycles. The molecule has 2 aromatic rings. The number of thioether (sulfide) groups is 1. The molecule has 10 nitrogen and oxygen atoms in total. The van der Waals surface area contributed by atoms with Gasteiger partial charge in [-0.05, 0) is 42.7 Å². The van der Waals surface area contributed by atoms with Crippen LogP contribution in [0, 0.1) is 17.8 Å². The molecule has 236 valence electrons. The van der Waals surface area contributed by atoms with Crippen LogP contribution < -0.4 is 16.0 Å². The molecule has 4 rings (SSSR count). The molecule has 0 bridgehead atoms. The molecule has 2 aliphatic rings. The van der Waals surface area contributed by atoms with Gasteiger partial charge >= 0.3 is 6.09 Å². The average Bonchev–Trinajstić information content (AvgIpc) is 3.45. The van der Waals surface area contributed by atoms with Gasteiger partial charge in [-0.15, -0.1) is 0 Å². The van der Waals surface area contributed by atoms with E-state index in [0.29, 0.717) is 44.6 Å². The first-order chi connectivity index (χ1) is 21.2. The Kier molecular flexibility index (Phi) is 12.2. The molecular formula is C33H42N4O6S. The van der Waals surface area contributed by atoms with Gasteiger partial charge in [-0.1, -0.05) is 86.3 Å². The van der Waals surface area contributed by atoms with Crippen LogP contribution >= 0.6 is 11.8 Å². The predicted molar refractivity (Wildman–Crippen MR) is 168 cm³/mol. The monoisotopic (exact) mass is 622 g/mol. The Hall–Kier alpha value is -3.86. The van der Waals surface area contributed by atoms with Crippen molar-refractivity contribution in [3.63, 3.8) is 0 Å². The fourth-order valence-corrected chi connectivity index (χ4v) is 6.26. The molecule has 2 saturated heterocycles. The maximum absolute atomic E-state index is 13.5. The summed E-state index contributed by atoms with van der Waals surface area (Å²) in [4.78, 5) is 66.5. The maximum atomic E-state index is 13.5. The number of carbonyl (C=O) groups is 5. The molecule has 0 aliphatic carbocycles. The topological polar surface area (TPSA) is 134 Å². The van der Waals surface area contributed by atoms with Crippen molar-refractivity contribution in [1.82, 2.24) is 20.9 Å². The molecular weight excluding hydrogens is 580 g/mol. The number of carbonyl (C=O) groups excluding carboxylic acids is 5. The van der Waals surface area contributed by atoms with E-state index < -0.39 is 24.1 Å². The molecule has 3 atom stereocenters. The first-order valence-electron chi connectivity index (χ1n) is 15.3. The summed E-state index contributed by atoms with van der Waals surface area (Å²) in [6, 6.07) is 17.3. The van der Waals surface area contributed by atoms with E-state index >= 15 is 0 Å². The summed E-state index contributed by atoms with van der Waals surface area (Å²) < 4.78 is 5.42. The van der Waals surface area contributed by atoms with Gasteiger partial charge in [-0.25, -0.2) is 4.79 Å². The van der Waals surface area contributed by atoms with Crippen molar-refractivity contribution in [1.29, 1.82) is 0 Å². The second kappa shape index (κ2) is 16.3. The van der Waals surface area contributed by atoms with E-state index in [2.05, 4.69) is 16.0 Å². The molecule has 0 saturated carbocycles. The lowest BCUT2D eigenvalue weighted by atomic mass is 9.94. The molecule has 2 fully saturated rings. The summed E-state index contributed by atoms with van der Waals surface area (Å²) in [5.41, 5.74) is 1.88. The van der Waals surface area contributed by atoms with E-state index in [1.54, 1.807) is 4.90 Å². The Morgan fingerprint density at radius 2 is 1.57 bits per heavy atom. The van der Waals surface area contributed by atoms with Crippen molar-refractivity contribution < 1.29 is 28.7 Å². The number of amides is 4. The molecule has 2 aliphatic heterocycles. The average molecular weight is 623 g/mol. The van der Waals surface area contributed by atoms with Crippen LogP contribution in [0.3, 0.4) is 0 Å². The van der Waals surface area contributed by atoms with Crippen LogP contribution in [0.15, 0.2) is 60.7 Å². The quantitative estimate of drug-likeness (QED) is 0.329. The first-order valence-corrected chi connectivity index (χ1v) is 16.2. The lowest BCUT2D eigenvalue weighted by Crippen LogP contribution is -2.55. The molecule has 44 heavy (non-hydrogen) atoms. The van der Waals surface area contributed by atoms with Crippen LogP contribution in [-0.2, 0) is 36.3 Å². The fraction of sp³-hybridized carbons (Fsp3) is 0.485. The van der Waals surface area contributed by atoms with Crippen molar-refractivity contribution in [3.8, 4) is 0 Å². The summed E-state index contributed by atoms with van der Waals surface area (Å²) in [7, 11) is 0. The summed E-state index contributed by atoms with van der Waals surface area (Å²) in [6.07, 6.45) is 1.30. The Balaban J connectivity index is 1.31. The van der Waals surface area contributed by atoms with Crippen LogP contribution in [0.4, 0.5) is 4.79 Å². The molecule has 0 radical (unpaired) electrons. The zero-order valence-electron chi connectivity index (χ0n) is 25.3. The number of ether oxygens (including phenoxy) is 1. The molecule has 0 unspecified atom stereocenters. The lowest BCUT2D eigenvalue weighted by molar-refractivity contribution is -0.134. The second-order valence-electron chi connectivity index (χ2n) is 11.7. The number of piperidine rings is 1. The minimum Gasteiger partial charge on any atom is -0.445 e. The number of rotatable bonds is 12. The van der Waals surface area contributed by atoms with E-state index in [9.17, 15) is 24.0 Å². The summed E-state index contributed by atoms with van der Waals surface area (Å²) in [5.74, 6) is -1.34. The Labute approximate surface area is 263 Å². The highest BCUT2D eigenvalue weighted by Gasteiger charge is 2.35. The van der Waals surface area contributed by atoms with E-state index in [-0.39, 0.29) is 47.7 Å². The van der Waals surface area contributed by atoms with E-state index in [0.717, 1.165) is 22.9 Å². The van der Waals surface area contributed by atoms with Gasteiger partial charge in [0.15, 0.2) is 0 Å². The third kappa shape index (κ3) is 9.57. The summed E-state index contributed by atoms with van der Waals surface area (Å²) >= 11 is 1.11. The molecule has 3 N–H and O–H groups in total. The highest BCUT2D eigenvalue weighted by Crippen LogP contribution is 2.23. The highest BCUT2D eigenvalue weighted by atomic mass is 32.2. The SMILES string of the molecule is CC(C)[C@H](NC(=O)C1CCN(C(=O)OCc2ccccc2)CC1)C(=O)N[C@@H](C[C@@H]1CCNC1=O)C(=O)SCc1ccccc1. The molecule has 2 aromatic carbocycles. The maximum Gasteiger partial charge on any atom is 0.410 e. The third-order valence-electron chi connectivity index (χ3n) is 8.08. The van der Waals surface area contributed by atoms with Crippen molar-refractivity contribution in [2.75, 3.05) is 19.6 Å². The lowest BCUT2D eigenvalue weighted by Gasteiger charge is -2.32. The Bertz CT molecular complexity index is 1280.